The van der Waals surface area contributed by atoms with Crippen LogP contribution in [0.25, 0.3) is 0 Å². The maximum absolute atomic E-state index is 11.3. The van der Waals surface area contributed by atoms with Crippen molar-refractivity contribution in [3.8, 4) is 0 Å². The quantitative estimate of drug-likeness (QED) is 0.626. The van der Waals surface area contributed by atoms with Crippen LogP contribution in [0.3, 0.4) is 0 Å². The minimum atomic E-state index is -3.72. The molecule has 0 radical (unpaired) electrons. The number of nitrogens with zero attached hydrogens (tertiary/aromatic N) is 1. The number of halogens is 1. The van der Waals surface area contributed by atoms with E-state index in [0.29, 0.717) is 0 Å². The van der Waals surface area contributed by atoms with Crippen LogP contribution in [0.4, 0.5) is 5.69 Å². The fraction of sp³-hybridized carbons (Fsp3) is 0.417. The molecule has 1 heterocycles. The molecular formula is C12H14ClNO4S. The van der Waals surface area contributed by atoms with E-state index in [1.165, 1.54) is 13.2 Å². The third-order valence-corrected chi connectivity index (χ3v) is 4.45. The van der Waals surface area contributed by atoms with Crippen LogP contribution in [-0.4, -0.2) is 34.6 Å². The van der Waals surface area contributed by atoms with Crippen molar-refractivity contribution in [2.24, 2.45) is 0 Å². The first-order valence-electron chi connectivity index (χ1n) is 5.81. The van der Waals surface area contributed by atoms with Crippen molar-refractivity contribution in [1.82, 2.24) is 0 Å². The van der Waals surface area contributed by atoms with Gasteiger partial charge in [-0.1, -0.05) is 0 Å². The third kappa shape index (κ3) is 3.19. The summed E-state index contributed by atoms with van der Waals surface area (Å²) in [6.07, 6.45) is 1.63. The monoisotopic (exact) mass is 303 g/mol. The summed E-state index contributed by atoms with van der Waals surface area (Å²) in [4.78, 5) is 13.3. The molecule has 1 aliphatic heterocycles. The summed E-state index contributed by atoms with van der Waals surface area (Å²) in [5.74, 6) is -0.318. The van der Waals surface area contributed by atoms with Crippen molar-refractivity contribution in [3.05, 3.63) is 23.8 Å². The molecule has 0 N–H and O–H groups in total. The molecule has 0 bridgehead atoms. The molecule has 0 spiro atoms. The molecule has 104 valence electrons. The lowest BCUT2D eigenvalue weighted by Crippen LogP contribution is -2.34. The first-order valence-corrected chi connectivity index (χ1v) is 8.12. The molecule has 0 saturated heterocycles. The highest BCUT2D eigenvalue weighted by molar-refractivity contribution is 8.13. The molecule has 19 heavy (non-hydrogen) atoms. The van der Waals surface area contributed by atoms with Gasteiger partial charge < -0.3 is 9.64 Å². The molecule has 1 aliphatic rings. The summed E-state index contributed by atoms with van der Waals surface area (Å²) in [7, 11) is 2.95. The molecule has 0 aliphatic carbocycles. The Labute approximate surface area is 116 Å². The zero-order valence-electron chi connectivity index (χ0n) is 10.4. The third-order valence-electron chi connectivity index (χ3n) is 3.09. The number of hydrogen-bond acceptors (Lipinski definition) is 5. The zero-order valence-corrected chi connectivity index (χ0v) is 12.0. The molecule has 5 nitrogen and oxygen atoms in total. The highest BCUT2D eigenvalue weighted by Crippen LogP contribution is 2.30. The molecule has 0 saturated carbocycles. The lowest BCUT2D eigenvalue weighted by molar-refractivity contribution is -0.138. The molecule has 0 atom stereocenters. The molecule has 7 heteroatoms. The van der Waals surface area contributed by atoms with Crippen LogP contribution in [0.5, 0.6) is 0 Å². The van der Waals surface area contributed by atoms with E-state index in [2.05, 4.69) is 4.74 Å². The number of methoxy groups -OCH3 is 1. The Hall–Kier alpha value is -1.27. The summed E-state index contributed by atoms with van der Waals surface area (Å²) in [6, 6.07) is 4.71. The van der Waals surface area contributed by atoms with Gasteiger partial charge in [0, 0.05) is 22.9 Å². The fourth-order valence-electron chi connectivity index (χ4n) is 2.19. The molecule has 2 rings (SSSR count). The van der Waals surface area contributed by atoms with Gasteiger partial charge in [0.25, 0.3) is 9.05 Å². The van der Waals surface area contributed by atoms with Crippen LogP contribution in [0, 0.1) is 0 Å². The van der Waals surface area contributed by atoms with Crippen LogP contribution in [0.1, 0.15) is 12.0 Å². The van der Waals surface area contributed by atoms with Crippen LogP contribution in [0.15, 0.2) is 23.1 Å². The number of esters is 1. The van der Waals surface area contributed by atoms with E-state index in [-0.39, 0.29) is 17.4 Å². The lowest BCUT2D eigenvalue weighted by Gasteiger charge is -2.30. The molecule has 0 aromatic heterocycles. The number of carbonyl (C=O) groups excluding carboxylic acids is 1. The van der Waals surface area contributed by atoms with Crippen molar-refractivity contribution >= 4 is 31.4 Å². The second-order valence-electron chi connectivity index (χ2n) is 4.33. The minimum Gasteiger partial charge on any atom is -0.468 e. The first-order chi connectivity index (χ1) is 8.91. The Morgan fingerprint density at radius 1 is 1.47 bits per heavy atom. The van der Waals surface area contributed by atoms with Gasteiger partial charge in [-0.15, -0.1) is 0 Å². The number of rotatable bonds is 3. The van der Waals surface area contributed by atoms with Gasteiger partial charge in [0.05, 0.1) is 12.0 Å². The second kappa shape index (κ2) is 5.38. The Bertz CT molecular complexity index is 600. The van der Waals surface area contributed by atoms with Crippen molar-refractivity contribution in [2.45, 2.75) is 17.7 Å². The van der Waals surface area contributed by atoms with Gasteiger partial charge in [-0.05, 0) is 36.6 Å². The Balaban J connectivity index is 2.33. The Morgan fingerprint density at radius 2 is 2.21 bits per heavy atom. The van der Waals surface area contributed by atoms with Gasteiger partial charge in [-0.25, -0.2) is 8.42 Å². The van der Waals surface area contributed by atoms with Gasteiger partial charge in [0.2, 0.25) is 0 Å². The molecular weight excluding hydrogens is 290 g/mol. The van der Waals surface area contributed by atoms with E-state index in [1.54, 1.807) is 12.1 Å². The normalized spacial score (nSPS) is 14.9. The largest absolute Gasteiger partial charge is 0.468 e. The minimum absolute atomic E-state index is 0.0906. The Kier molecular flexibility index (Phi) is 4.01. The average molecular weight is 304 g/mol. The highest BCUT2D eigenvalue weighted by Gasteiger charge is 2.21. The van der Waals surface area contributed by atoms with Crippen LogP contribution < -0.4 is 4.90 Å². The van der Waals surface area contributed by atoms with Gasteiger partial charge in [0.15, 0.2) is 0 Å². The van der Waals surface area contributed by atoms with Crippen molar-refractivity contribution in [1.29, 1.82) is 0 Å². The average Bonchev–Trinajstić information content (AvgIpc) is 2.37. The van der Waals surface area contributed by atoms with E-state index in [1.807, 2.05) is 4.90 Å². The highest BCUT2D eigenvalue weighted by atomic mass is 35.7. The molecule has 0 unspecified atom stereocenters. The smallest absolute Gasteiger partial charge is 0.325 e. The number of fused-ring (bicyclic) bond motifs is 1. The van der Waals surface area contributed by atoms with Crippen molar-refractivity contribution < 1.29 is 17.9 Å². The number of anilines is 1. The van der Waals surface area contributed by atoms with E-state index in [0.717, 1.165) is 30.6 Å². The van der Waals surface area contributed by atoms with E-state index in [9.17, 15) is 13.2 Å². The van der Waals surface area contributed by atoms with Crippen molar-refractivity contribution in [3.63, 3.8) is 0 Å². The number of aryl methyl sites for hydroxylation is 1. The van der Waals surface area contributed by atoms with Gasteiger partial charge >= 0.3 is 5.97 Å². The Morgan fingerprint density at radius 3 is 2.84 bits per heavy atom. The van der Waals surface area contributed by atoms with Gasteiger partial charge in [-0.3, -0.25) is 4.79 Å². The second-order valence-corrected chi connectivity index (χ2v) is 6.90. The van der Waals surface area contributed by atoms with Crippen LogP contribution in [0.2, 0.25) is 0 Å². The summed E-state index contributed by atoms with van der Waals surface area (Å²) < 4.78 is 27.3. The van der Waals surface area contributed by atoms with Crippen LogP contribution >= 0.6 is 10.7 Å². The van der Waals surface area contributed by atoms with E-state index < -0.39 is 9.05 Å². The summed E-state index contributed by atoms with van der Waals surface area (Å²) in [5.41, 5.74) is 1.75. The zero-order chi connectivity index (χ0) is 14.0. The van der Waals surface area contributed by atoms with E-state index >= 15 is 0 Å². The number of benzene rings is 1. The van der Waals surface area contributed by atoms with Crippen LogP contribution in [-0.2, 0) is 25.0 Å². The van der Waals surface area contributed by atoms with Gasteiger partial charge in [-0.2, -0.15) is 0 Å². The fourth-order valence-corrected chi connectivity index (χ4v) is 2.99. The standard InChI is InChI=1S/C12H14ClNO4S/c1-18-12(15)8-14-6-2-3-9-7-10(19(13,16)17)4-5-11(9)14/h4-5,7H,2-3,6,8H2,1H3. The number of ether oxygens (including phenoxy) is 1. The maximum Gasteiger partial charge on any atom is 0.325 e. The predicted molar refractivity (Wildman–Crippen MR) is 72.0 cm³/mol. The molecule has 0 amide bonds. The first kappa shape index (κ1) is 14.1. The summed E-state index contributed by atoms with van der Waals surface area (Å²) >= 11 is 0. The number of hydrogen-bond donors (Lipinski definition) is 0. The SMILES string of the molecule is COC(=O)CN1CCCc2cc(S(=O)(=O)Cl)ccc21. The maximum atomic E-state index is 11.3. The van der Waals surface area contributed by atoms with E-state index in [4.69, 9.17) is 10.7 Å². The molecule has 0 fully saturated rings. The van der Waals surface area contributed by atoms with Crippen molar-refractivity contribution in [2.75, 3.05) is 25.1 Å². The molecule has 1 aromatic carbocycles. The summed E-state index contributed by atoms with van der Waals surface area (Å²) in [5, 5.41) is 0. The molecule has 1 aromatic rings. The number of carbonyl (C=O) groups is 1. The lowest BCUT2D eigenvalue weighted by atomic mass is 10.0. The van der Waals surface area contributed by atoms with Gasteiger partial charge in [0.1, 0.15) is 6.54 Å². The summed E-state index contributed by atoms with van der Waals surface area (Å²) in [6.45, 7) is 0.908. The predicted octanol–water partition coefficient (Wildman–Crippen LogP) is 1.54. The topological polar surface area (TPSA) is 63.7 Å².